The van der Waals surface area contributed by atoms with E-state index in [-0.39, 0.29) is 17.4 Å². The molecule has 0 radical (unpaired) electrons. The van der Waals surface area contributed by atoms with E-state index < -0.39 is 0 Å². The third-order valence-corrected chi connectivity index (χ3v) is 6.13. The summed E-state index contributed by atoms with van der Waals surface area (Å²) in [7, 11) is 0. The predicted molar refractivity (Wildman–Crippen MR) is 83.2 cm³/mol. The van der Waals surface area contributed by atoms with Crippen LogP contribution in [0.3, 0.4) is 0 Å². The molecule has 0 aromatic rings. The van der Waals surface area contributed by atoms with Gasteiger partial charge in [0.15, 0.2) is 0 Å². The van der Waals surface area contributed by atoms with Gasteiger partial charge in [0, 0.05) is 25.0 Å². The monoisotopic (exact) mass is 280 g/mol. The van der Waals surface area contributed by atoms with Crippen LogP contribution in [0.4, 0.5) is 0 Å². The number of carbonyl (C=O) groups is 1. The third kappa shape index (κ3) is 3.03. The van der Waals surface area contributed by atoms with Gasteiger partial charge in [0.1, 0.15) is 0 Å². The zero-order valence-electron chi connectivity index (χ0n) is 13.7. The summed E-state index contributed by atoms with van der Waals surface area (Å²) in [6, 6.07) is 0.248. The first-order valence-corrected chi connectivity index (χ1v) is 8.38. The fourth-order valence-electron chi connectivity index (χ4n) is 4.00. The van der Waals surface area contributed by atoms with E-state index in [1.165, 1.54) is 6.42 Å². The Kier molecular flexibility index (Phi) is 4.78. The van der Waals surface area contributed by atoms with Gasteiger partial charge in [-0.25, -0.2) is 0 Å². The van der Waals surface area contributed by atoms with Gasteiger partial charge in [0.2, 0.25) is 5.91 Å². The number of rotatable bonds is 1. The molecule has 1 saturated carbocycles. The molecule has 2 aliphatic rings. The van der Waals surface area contributed by atoms with Crippen LogP contribution in [0.25, 0.3) is 0 Å². The maximum atomic E-state index is 13.0. The molecule has 0 spiro atoms. The molecule has 3 nitrogen and oxygen atoms in total. The fraction of sp³-hybridized carbons (Fsp3) is 0.941. The van der Waals surface area contributed by atoms with Crippen LogP contribution < -0.4 is 5.73 Å². The van der Waals surface area contributed by atoms with Gasteiger partial charge in [0.25, 0.3) is 0 Å². The molecule has 0 bridgehead atoms. The van der Waals surface area contributed by atoms with Crippen molar-refractivity contribution in [3.05, 3.63) is 0 Å². The van der Waals surface area contributed by atoms with Crippen molar-refractivity contribution in [1.82, 2.24) is 4.90 Å². The molecule has 1 aliphatic carbocycles. The zero-order valence-corrected chi connectivity index (χ0v) is 13.7. The lowest BCUT2D eigenvalue weighted by atomic mass is 9.60. The second kappa shape index (κ2) is 6.05. The van der Waals surface area contributed by atoms with Crippen LogP contribution in [0.15, 0.2) is 0 Å². The topological polar surface area (TPSA) is 46.3 Å². The van der Waals surface area contributed by atoms with Crippen LogP contribution in [0.1, 0.15) is 59.8 Å². The molecular formula is C17H32N2O. The first-order chi connectivity index (χ1) is 9.34. The molecule has 4 unspecified atom stereocenters. The summed E-state index contributed by atoms with van der Waals surface area (Å²) in [5, 5.41) is 0. The molecule has 116 valence electrons. The highest BCUT2D eigenvalue weighted by Gasteiger charge is 2.46. The lowest BCUT2D eigenvalue weighted by Crippen LogP contribution is -2.52. The summed E-state index contributed by atoms with van der Waals surface area (Å²) in [6.45, 7) is 10.9. The van der Waals surface area contributed by atoms with Crippen molar-refractivity contribution in [2.45, 2.75) is 65.8 Å². The molecule has 0 aromatic carbocycles. The largest absolute Gasteiger partial charge is 0.342 e. The molecule has 4 atom stereocenters. The van der Waals surface area contributed by atoms with E-state index in [2.05, 4.69) is 32.6 Å². The van der Waals surface area contributed by atoms with E-state index in [9.17, 15) is 4.79 Å². The highest BCUT2D eigenvalue weighted by atomic mass is 16.2. The van der Waals surface area contributed by atoms with Crippen LogP contribution in [0.2, 0.25) is 0 Å². The van der Waals surface area contributed by atoms with E-state index in [1.807, 2.05) is 0 Å². The Bertz CT molecular complexity index is 353. The molecule has 20 heavy (non-hydrogen) atoms. The molecule has 1 aliphatic heterocycles. The van der Waals surface area contributed by atoms with Crippen molar-refractivity contribution in [1.29, 1.82) is 0 Å². The average Bonchev–Trinajstić information content (AvgIpc) is 2.60. The van der Waals surface area contributed by atoms with Gasteiger partial charge in [-0.2, -0.15) is 0 Å². The van der Waals surface area contributed by atoms with Crippen LogP contribution in [0.5, 0.6) is 0 Å². The highest BCUT2D eigenvalue weighted by Crippen LogP contribution is 2.45. The summed E-state index contributed by atoms with van der Waals surface area (Å²) >= 11 is 0. The van der Waals surface area contributed by atoms with Gasteiger partial charge < -0.3 is 10.6 Å². The minimum atomic E-state index is 0.0205. The lowest BCUT2D eigenvalue weighted by molar-refractivity contribution is -0.143. The van der Waals surface area contributed by atoms with Crippen LogP contribution in [0, 0.1) is 23.2 Å². The predicted octanol–water partition coefficient (Wildman–Crippen LogP) is 3.03. The highest BCUT2D eigenvalue weighted by molar-refractivity contribution is 5.80. The Hall–Kier alpha value is -0.570. The second-order valence-corrected chi connectivity index (χ2v) is 7.77. The van der Waals surface area contributed by atoms with Crippen molar-refractivity contribution >= 4 is 5.91 Å². The summed E-state index contributed by atoms with van der Waals surface area (Å²) in [6.07, 6.45) is 5.54. The molecule has 0 aromatic heterocycles. The Balaban J connectivity index is 2.08. The zero-order chi connectivity index (χ0) is 14.9. The SMILES string of the molecule is CC1CCCN(C(=O)C2CCC(N)C(C)C2(C)C)CC1. The molecule has 1 amide bonds. The Morgan fingerprint density at radius 1 is 1.10 bits per heavy atom. The normalized spacial score (nSPS) is 38.4. The summed E-state index contributed by atoms with van der Waals surface area (Å²) in [5.41, 5.74) is 6.23. The first-order valence-electron chi connectivity index (χ1n) is 8.38. The maximum Gasteiger partial charge on any atom is 0.226 e. The molecule has 1 saturated heterocycles. The summed E-state index contributed by atoms with van der Waals surface area (Å²) < 4.78 is 0. The Morgan fingerprint density at radius 3 is 2.50 bits per heavy atom. The van der Waals surface area contributed by atoms with E-state index in [1.54, 1.807) is 0 Å². The number of hydrogen-bond acceptors (Lipinski definition) is 2. The van der Waals surface area contributed by atoms with E-state index in [0.717, 1.165) is 44.7 Å². The number of carbonyl (C=O) groups excluding carboxylic acids is 1. The average molecular weight is 280 g/mol. The maximum absolute atomic E-state index is 13.0. The minimum absolute atomic E-state index is 0.0205. The Morgan fingerprint density at radius 2 is 1.80 bits per heavy atom. The van der Waals surface area contributed by atoms with Gasteiger partial charge in [-0.1, -0.05) is 27.7 Å². The quantitative estimate of drug-likeness (QED) is 0.802. The smallest absolute Gasteiger partial charge is 0.226 e. The number of nitrogens with zero attached hydrogens (tertiary/aromatic N) is 1. The molecule has 2 N–H and O–H groups in total. The molecular weight excluding hydrogens is 248 g/mol. The van der Waals surface area contributed by atoms with Crippen molar-refractivity contribution < 1.29 is 4.79 Å². The number of amides is 1. The fourth-order valence-corrected chi connectivity index (χ4v) is 4.00. The van der Waals surface area contributed by atoms with Gasteiger partial charge in [-0.3, -0.25) is 4.79 Å². The van der Waals surface area contributed by atoms with Crippen LogP contribution in [-0.4, -0.2) is 29.9 Å². The number of nitrogens with two attached hydrogens (primary N) is 1. The number of likely N-dealkylation sites (tertiary alicyclic amines) is 1. The molecule has 2 rings (SSSR count). The Labute approximate surface area is 124 Å². The van der Waals surface area contributed by atoms with E-state index in [0.29, 0.717) is 11.8 Å². The van der Waals surface area contributed by atoms with Crippen molar-refractivity contribution in [2.24, 2.45) is 28.9 Å². The standard InChI is InChI=1S/C17H32N2O/c1-12-6-5-10-19(11-9-12)16(20)14-7-8-15(18)13(2)17(14,3)4/h12-15H,5-11,18H2,1-4H3. The van der Waals surface area contributed by atoms with Crippen molar-refractivity contribution in [3.63, 3.8) is 0 Å². The molecule has 2 fully saturated rings. The van der Waals surface area contributed by atoms with Gasteiger partial charge in [0.05, 0.1) is 0 Å². The summed E-state index contributed by atoms with van der Waals surface area (Å²) in [4.78, 5) is 15.1. The van der Waals surface area contributed by atoms with Crippen molar-refractivity contribution in [2.75, 3.05) is 13.1 Å². The summed E-state index contributed by atoms with van der Waals surface area (Å²) in [5.74, 6) is 1.73. The van der Waals surface area contributed by atoms with E-state index in [4.69, 9.17) is 5.73 Å². The van der Waals surface area contributed by atoms with Crippen LogP contribution >= 0.6 is 0 Å². The van der Waals surface area contributed by atoms with Gasteiger partial charge >= 0.3 is 0 Å². The molecule has 3 heteroatoms. The van der Waals surface area contributed by atoms with Gasteiger partial charge in [-0.05, 0) is 49.4 Å². The van der Waals surface area contributed by atoms with E-state index >= 15 is 0 Å². The third-order valence-electron chi connectivity index (χ3n) is 6.13. The van der Waals surface area contributed by atoms with Gasteiger partial charge in [-0.15, -0.1) is 0 Å². The lowest BCUT2D eigenvalue weighted by Gasteiger charge is -2.47. The molecule has 1 heterocycles. The second-order valence-electron chi connectivity index (χ2n) is 7.77. The van der Waals surface area contributed by atoms with Crippen LogP contribution in [-0.2, 0) is 4.79 Å². The first kappa shape index (κ1) is 15.8. The number of hydrogen-bond donors (Lipinski definition) is 1. The minimum Gasteiger partial charge on any atom is -0.342 e. The van der Waals surface area contributed by atoms with Crippen molar-refractivity contribution in [3.8, 4) is 0 Å².